The molecule has 8 heteroatoms. The van der Waals surface area contributed by atoms with E-state index in [1.807, 2.05) is 0 Å². The minimum absolute atomic E-state index is 0.152. The van der Waals surface area contributed by atoms with Crippen LogP contribution in [-0.4, -0.2) is 42.4 Å². The monoisotopic (exact) mass is 395 g/mol. The number of tetrazole rings is 1. The molecule has 2 aromatic rings. The standard InChI is InChI=1S/C21H25N5O3/c1-19(2,28)6-5-16-3-4-17(29-16)18(27)24-20-8-14-7-15(9-20)11-21(10-14,12-20)26-23-13-22-25-26/h3-4,13-15,28H,7-12H2,1-2H3,(H,24,27). The summed E-state index contributed by atoms with van der Waals surface area (Å²) < 4.78 is 5.62. The van der Waals surface area contributed by atoms with Crippen molar-refractivity contribution in [2.45, 2.75) is 69.1 Å². The zero-order valence-electron chi connectivity index (χ0n) is 16.7. The number of aliphatic hydroxyl groups is 1. The molecule has 0 aliphatic heterocycles. The molecule has 0 spiro atoms. The van der Waals surface area contributed by atoms with E-state index in [0.717, 1.165) is 32.1 Å². The molecular formula is C21H25N5O3. The Morgan fingerprint density at radius 3 is 2.72 bits per heavy atom. The lowest BCUT2D eigenvalue weighted by Crippen LogP contribution is -2.66. The van der Waals surface area contributed by atoms with Crippen LogP contribution in [0.1, 0.15) is 68.7 Å². The first-order valence-electron chi connectivity index (χ1n) is 10.2. The van der Waals surface area contributed by atoms with Gasteiger partial charge in [0.15, 0.2) is 17.8 Å². The average molecular weight is 395 g/mol. The molecule has 152 valence electrons. The highest BCUT2D eigenvalue weighted by atomic mass is 16.3. The number of carbonyl (C=O) groups is 1. The van der Waals surface area contributed by atoms with E-state index in [1.54, 1.807) is 30.8 Å². The van der Waals surface area contributed by atoms with Gasteiger partial charge in [-0.25, -0.2) is 0 Å². The smallest absolute Gasteiger partial charge is 0.287 e. The molecule has 0 aromatic carbocycles. The molecule has 4 bridgehead atoms. The van der Waals surface area contributed by atoms with E-state index >= 15 is 0 Å². The molecule has 4 aliphatic carbocycles. The third kappa shape index (κ3) is 3.33. The predicted molar refractivity (Wildman–Crippen MR) is 103 cm³/mol. The lowest BCUT2D eigenvalue weighted by molar-refractivity contribution is -0.0812. The predicted octanol–water partition coefficient (Wildman–Crippen LogP) is 1.87. The minimum atomic E-state index is -1.11. The van der Waals surface area contributed by atoms with Crippen molar-refractivity contribution in [2.24, 2.45) is 11.8 Å². The first kappa shape index (κ1) is 18.4. The summed E-state index contributed by atoms with van der Waals surface area (Å²) in [6.07, 6.45) is 7.59. The summed E-state index contributed by atoms with van der Waals surface area (Å²) in [7, 11) is 0. The maximum atomic E-state index is 13.0. The molecule has 29 heavy (non-hydrogen) atoms. The fourth-order valence-electron chi connectivity index (χ4n) is 6.02. The van der Waals surface area contributed by atoms with Crippen LogP contribution < -0.4 is 5.32 Å². The van der Waals surface area contributed by atoms with Crippen molar-refractivity contribution in [3.05, 3.63) is 30.0 Å². The lowest BCUT2D eigenvalue weighted by Gasteiger charge is -2.61. The van der Waals surface area contributed by atoms with E-state index in [4.69, 9.17) is 4.42 Å². The Bertz CT molecular complexity index is 978. The topological polar surface area (TPSA) is 106 Å². The van der Waals surface area contributed by atoms with E-state index in [9.17, 15) is 9.90 Å². The summed E-state index contributed by atoms with van der Waals surface area (Å²) in [5, 5.41) is 25.5. The summed E-state index contributed by atoms with van der Waals surface area (Å²) in [4.78, 5) is 14.8. The number of hydrogen-bond acceptors (Lipinski definition) is 6. The molecule has 0 radical (unpaired) electrons. The Labute approximate surface area is 169 Å². The van der Waals surface area contributed by atoms with Crippen molar-refractivity contribution in [3.8, 4) is 11.8 Å². The lowest BCUT2D eigenvalue weighted by atomic mass is 9.50. The van der Waals surface area contributed by atoms with E-state index in [-0.39, 0.29) is 22.7 Å². The highest BCUT2D eigenvalue weighted by Crippen LogP contribution is 2.60. The molecule has 4 fully saturated rings. The zero-order chi connectivity index (χ0) is 20.3. The summed E-state index contributed by atoms with van der Waals surface area (Å²) in [6.45, 7) is 3.20. The molecule has 4 aliphatic rings. The van der Waals surface area contributed by atoms with Crippen molar-refractivity contribution < 1.29 is 14.3 Å². The molecule has 2 atom stereocenters. The van der Waals surface area contributed by atoms with Gasteiger partial charge in [0.1, 0.15) is 5.60 Å². The molecule has 2 unspecified atom stereocenters. The first-order valence-corrected chi connectivity index (χ1v) is 10.2. The van der Waals surface area contributed by atoms with E-state index in [1.165, 1.54) is 12.7 Å². The summed E-state index contributed by atoms with van der Waals surface area (Å²) in [5.41, 5.74) is -1.53. The number of carbonyl (C=O) groups excluding carboxylic acids is 1. The Morgan fingerprint density at radius 1 is 1.31 bits per heavy atom. The van der Waals surface area contributed by atoms with Crippen molar-refractivity contribution in [1.82, 2.24) is 25.5 Å². The van der Waals surface area contributed by atoms with Gasteiger partial charge in [-0.3, -0.25) is 4.79 Å². The number of hydrogen-bond donors (Lipinski definition) is 2. The van der Waals surface area contributed by atoms with Gasteiger partial charge in [-0.05, 0) is 87.5 Å². The van der Waals surface area contributed by atoms with Gasteiger partial charge in [-0.2, -0.15) is 4.80 Å². The average Bonchev–Trinajstić information content (AvgIpc) is 3.30. The van der Waals surface area contributed by atoms with Crippen LogP contribution in [0.4, 0.5) is 0 Å². The van der Waals surface area contributed by atoms with Crippen LogP contribution >= 0.6 is 0 Å². The molecular weight excluding hydrogens is 370 g/mol. The fraction of sp³-hybridized carbons (Fsp3) is 0.619. The summed E-state index contributed by atoms with van der Waals surface area (Å²) in [6, 6.07) is 3.30. The number of nitrogens with zero attached hydrogens (tertiary/aromatic N) is 4. The van der Waals surface area contributed by atoms with Crippen molar-refractivity contribution >= 4 is 5.91 Å². The van der Waals surface area contributed by atoms with Crippen LogP contribution in [0.2, 0.25) is 0 Å². The maximum Gasteiger partial charge on any atom is 0.287 e. The van der Waals surface area contributed by atoms with Crippen LogP contribution in [0.15, 0.2) is 22.9 Å². The Kier molecular flexibility index (Phi) is 3.91. The van der Waals surface area contributed by atoms with Crippen LogP contribution in [0.5, 0.6) is 0 Å². The van der Waals surface area contributed by atoms with Gasteiger partial charge in [-0.15, -0.1) is 10.2 Å². The number of nitrogens with one attached hydrogen (secondary N) is 1. The second-order valence-corrected chi connectivity index (χ2v) is 9.62. The molecule has 6 rings (SSSR count). The minimum Gasteiger partial charge on any atom is -0.443 e. The van der Waals surface area contributed by atoms with Crippen LogP contribution in [0, 0.1) is 23.7 Å². The fourth-order valence-corrected chi connectivity index (χ4v) is 6.02. The van der Waals surface area contributed by atoms with Gasteiger partial charge in [0.25, 0.3) is 5.91 Å². The molecule has 4 saturated carbocycles. The SMILES string of the molecule is CC(C)(O)C#Cc1ccc(C(=O)NC23CC4CC(C2)CC(n2ncnn2)(C4)C3)o1. The molecule has 8 nitrogen and oxygen atoms in total. The van der Waals surface area contributed by atoms with Crippen molar-refractivity contribution in [1.29, 1.82) is 0 Å². The Hall–Kier alpha value is -2.66. The molecule has 2 aromatic heterocycles. The van der Waals surface area contributed by atoms with Crippen LogP contribution in [0.25, 0.3) is 0 Å². The third-order valence-electron chi connectivity index (χ3n) is 6.50. The van der Waals surface area contributed by atoms with E-state index < -0.39 is 5.60 Å². The number of furan rings is 1. The maximum absolute atomic E-state index is 13.0. The van der Waals surface area contributed by atoms with E-state index in [0.29, 0.717) is 17.6 Å². The zero-order valence-corrected chi connectivity index (χ0v) is 16.7. The Morgan fingerprint density at radius 2 is 2.07 bits per heavy atom. The van der Waals surface area contributed by atoms with Gasteiger partial charge in [0, 0.05) is 5.54 Å². The largest absolute Gasteiger partial charge is 0.443 e. The quantitative estimate of drug-likeness (QED) is 0.769. The molecule has 2 N–H and O–H groups in total. The van der Waals surface area contributed by atoms with Crippen molar-refractivity contribution in [2.75, 3.05) is 0 Å². The third-order valence-corrected chi connectivity index (χ3v) is 6.50. The normalized spacial score (nSPS) is 32.7. The highest BCUT2D eigenvalue weighted by molar-refractivity contribution is 5.92. The second-order valence-electron chi connectivity index (χ2n) is 9.62. The van der Waals surface area contributed by atoms with Crippen molar-refractivity contribution in [3.63, 3.8) is 0 Å². The number of amides is 1. The van der Waals surface area contributed by atoms with Gasteiger partial charge < -0.3 is 14.8 Å². The van der Waals surface area contributed by atoms with Gasteiger partial charge in [0.05, 0.1) is 5.54 Å². The van der Waals surface area contributed by atoms with E-state index in [2.05, 4.69) is 32.6 Å². The number of aromatic nitrogens is 4. The second kappa shape index (κ2) is 6.17. The summed E-state index contributed by atoms with van der Waals surface area (Å²) in [5.74, 6) is 6.98. The molecule has 2 heterocycles. The van der Waals surface area contributed by atoms with Gasteiger partial charge in [0.2, 0.25) is 0 Å². The first-order chi connectivity index (χ1) is 13.7. The molecule has 0 saturated heterocycles. The number of rotatable bonds is 3. The highest BCUT2D eigenvalue weighted by Gasteiger charge is 2.60. The van der Waals surface area contributed by atoms with Crippen LogP contribution in [-0.2, 0) is 5.54 Å². The van der Waals surface area contributed by atoms with Crippen LogP contribution in [0.3, 0.4) is 0 Å². The summed E-state index contributed by atoms with van der Waals surface area (Å²) >= 11 is 0. The molecule has 1 amide bonds. The van der Waals surface area contributed by atoms with Gasteiger partial charge >= 0.3 is 0 Å². The Balaban J connectivity index is 1.37. The van der Waals surface area contributed by atoms with Gasteiger partial charge in [-0.1, -0.05) is 5.92 Å².